The number of anilines is 1. The van der Waals surface area contributed by atoms with Crippen LogP contribution in [-0.2, 0) is 0 Å². The van der Waals surface area contributed by atoms with Gasteiger partial charge in [0, 0.05) is 6.54 Å². The van der Waals surface area contributed by atoms with Crippen LogP contribution in [0.25, 0.3) is 0 Å². The lowest BCUT2D eigenvalue weighted by molar-refractivity contribution is -0.140. The zero-order chi connectivity index (χ0) is 17.9. The van der Waals surface area contributed by atoms with Crippen LogP contribution < -0.4 is 5.32 Å². The van der Waals surface area contributed by atoms with Crippen LogP contribution in [0.5, 0.6) is 0 Å². The van der Waals surface area contributed by atoms with Crippen molar-refractivity contribution >= 4 is 28.2 Å². The number of aryl methyl sites for hydroxylation is 1. The van der Waals surface area contributed by atoms with E-state index in [-0.39, 0.29) is 17.2 Å². The largest absolute Gasteiger partial charge is 0.459 e. The maximum absolute atomic E-state index is 12.5. The Morgan fingerprint density at radius 1 is 1.38 bits per heavy atom. The molecule has 0 saturated carbocycles. The topological polar surface area (TPSA) is 62.6 Å². The Bertz CT molecular complexity index is 723. The fourth-order valence-electron chi connectivity index (χ4n) is 2.02. The van der Waals surface area contributed by atoms with Gasteiger partial charge in [0.1, 0.15) is 6.54 Å². The molecule has 2 amide bonds. The number of thiophene rings is 1. The van der Waals surface area contributed by atoms with Gasteiger partial charge in [-0.3, -0.25) is 9.59 Å². The molecule has 0 unspecified atom stereocenters. The molecule has 2 heterocycles. The quantitative estimate of drug-likeness (QED) is 0.879. The summed E-state index contributed by atoms with van der Waals surface area (Å²) in [5, 5.41) is 2.92. The molecule has 0 aliphatic carbocycles. The van der Waals surface area contributed by atoms with Crippen molar-refractivity contribution in [2.45, 2.75) is 20.0 Å². The van der Waals surface area contributed by atoms with E-state index >= 15 is 0 Å². The molecule has 9 heteroatoms. The van der Waals surface area contributed by atoms with Gasteiger partial charge in [-0.25, -0.2) is 0 Å². The minimum absolute atomic E-state index is 0.0657. The van der Waals surface area contributed by atoms with Crippen LogP contribution in [0.2, 0.25) is 0 Å². The molecule has 130 valence electrons. The summed E-state index contributed by atoms with van der Waals surface area (Å²) in [5.41, 5.74) is 0.500. The number of halogens is 3. The van der Waals surface area contributed by atoms with Crippen molar-refractivity contribution in [3.8, 4) is 0 Å². The van der Waals surface area contributed by atoms with E-state index in [4.69, 9.17) is 4.42 Å². The summed E-state index contributed by atoms with van der Waals surface area (Å²) in [4.78, 5) is 25.1. The zero-order valence-corrected chi connectivity index (χ0v) is 13.8. The monoisotopic (exact) mass is 360 g/mol. The standard InChI is InChI=1S/C15H15F3N2O3S/c1-3-20(8-15(16,17)18)14(22)12-9(2)7-11(24-12)19-13(21)10-5-4-6-23-10/h4-7H,3,8H2,1-2H3,(H,19,21). The maximum Gasteiger partial charge on any atom is 0.406 e. The number of nitrogens with one attached hydrogen (secondary N) is 1. The second-order valence-corrected chi connectivity index (χ2v) is 6.04. The minimum Gasteiger partial charge on any atom is -0.459 e. The highest BCUT2D eigenvalue weighted by molar-refractivity contribution is 7.18. The van der Waals surface area contributed by atoms with Crippen LogP contribution in [0.1, 0.15) is 32.7 Å². The third kappa shape index (κ3) is 4.38. The molecule has 0 radical (unpaired) electrons. The van der Waals surface area contributed by atoms with Gasteiger partial charge in [0.15, 0.2) is 5.76 Å². The molecule has 24 heavy (non-hydrogen) atoms. The Balaban J connectivity index is 2.15. The van der Waals surface area contributed by atoms with Crippen LogP contribution in [-0.4, -0.2) is 36.0 Å². The Morgan fingerprint density at radius 3 is 2.62 bits per heavy atom. The highest BCUT2D eigenvalue weighted by atomic mass is 32.1. The lowest BCUT2D eigenvalue weighted by Gasteiger charge is -2.21. The highest BCUT2D eigenvalue weighted by Crippen LogP contribution is 2.29. The van der Waals surface area contributed by atoms with Gasteiger partial charge in [0.25, 0.3) is 11.8 Å². The SMILES string of the molecule is CCN(CC(F)(F)F)C(=O)c1sc(NC(=O)c2ccco2)cc1C. The minimum atomic E-state index is -4.47. The Morgan fingerprint density at radius 2 is 2.08 bits per heavy atom. The molecule has 2 aromatic rings. The number of carbonyl (C=O) groups is 2. The molecule has 0 fully saturated rings. The first kappa shape index (κ1) is 18.1. The second kappa shape index (κ2) is 7.08. The summed E-state index contributed by atoms with van der Waals surface area (Å²) in [5.74, 6) is -1.11. The number of amides is 2. The van der Waals surface area contributed by atoms with Crippen molar-refractivity contribution in [3.63, 3.8) is 0 Å². The molecular formula is C15H15F3N2O3S. The van der Waals surface area contributed by atoms with E-state index in [0.29, 0.717) is 10.6 Å². The molecule has 0 spiro atoms. The maximum atomic E-state index is 12.5. The summed E-state index contributed by atoms with van der Waals surface area (Å²) >= 11 is 0.931. The Labute approximate surface area is 140 Å². The highest BCUT2D eigenvalue weighted by Gasteiger charge is 2.33. The summed E-state index contributed by atoms with van der Waals surface area (Å²) in [6.07, 6.45) is -3.12. The van der Waals surface area contributed by atoms with Crippen LogP contribution >= 0.6 is 11.3 Å². The number of carbonyl (C=O) groups excluding carboxylic acids is 2. The molecule has 0 saturated heterocycles. The predicted octanol–water partition coefficient (Wildman–Crippen LogP) is 3.93. The van der Waals surface area contributed by atoms with E-state index < -0.39 is 24.5 Å². The lowest BCUT2D eigenvalue weighted by Crippen LogP contribution is -2.38. The molecule has 2 aromatic heterocycles. The third-order valence-electron chi connectivity index (χ3n) is 3.13. The number of nitrogens with zero attached hydrogens (tertiary/aromatic N) is 1. The van der Waals surface area contributed by atoms with Crippen molar-refractivity contribution in [1.82, 2.24) is 4.90 Å². The predicted molar refractivity (Wildman–Crippen MR) is 83.3 cm³/mol. The van der Waals surface area contributed by atoms with E-state index in [1.54, 1.807) is 19.1 Å². The first-order valence-electron chi connectivity index (χ1n) is 7.02. The summed E-state index contributed by atoms with van der Waals surface area (Å²) in [6.45, 7) is 1.71. The van der Waals surface area contributed by atoms with Crippen molar-refractivity contribution in [2.24, 2.45) is 0 Å². The van der Waals surface area contributed by atoms with Gasteiger partial charge in [-0.15, -0.1) is 11.3 Å². The first-order valence-corrected chi connectivity index (χ1v) is 7.84. The molecule has 0 atom stereocenters. The third-order valence-corrected chi connectivity index (χ3v) is 4.27. The van der Waals surface area contributed by atoms with Crippen LogP contribution in [0, 0.1) is 6.92 Å². The molecule has 0 bridgehead atoms. The summed E-state index contributed by atoms with van der Waals surface area (Å²) in [7, 11) is 0. The van der Waals surface area contributed by atoms with Gasteiger partial charge in [0.2, 0.25) is 0 Å². The first-order chi connectivity index (χ1) is 11.2. The molecule has 1 N–H and O–H groups in total. The number of hydrogen-bond acceptors (Lipinski definition) is 4. The summed E-state index contributed by atoms with van der Waals surface area (Å²) in [6, 6.07) is 4.57. The lowest BCUT2D eigenvalue weighted by atomic mass is 10.2. The second-order valence-electron chi connectivity index (χ2n) is 4.99. The molecule has 5 nitrogen and oxygen atoms in total. The van der Waals surface area contributed by atoms with Gasteiger partial charge >= 0.3 is 6.18 Å². The van der Waals surface area contributed by atoms with E-state index in [1.807, 2.05) is 0 Å². The number of hydrogen-bond donors (Lipinski definition) is 1. The fraction of sp³-hybridized carbons (Fsp3) is 0.333. The molecule has 0 aliphatic rings. The van der Waals surface area contributed by atoms with Crippen LogP contribution in [0.4, 0.5) is 18.2 Å². The van der Waals surface area contributed by atoms with Gasteiger partial charge in [-0.1, -0.05) is 0 Å². The molecule has 0 aliphatic heterocycles. The molecular weight excluding hydrogens is 345 g/mol. The van der Waals surface area contributed by atoms with Crippen molar-refractivity contribution in [2.75, 3.05) is 18.4 Å². The van der Waals surface area contributed by atoms with E-state index in [1.165, 1.54) is 19.3 Å². The van der Waals surface area contributed by atoms with E-state index in [2.05, 4.69) is 5.32 Å². The Kier molecular flexibility index (Phi) is 5.33. The Hall–Kier alpha value is -2.29. The average Bonchev–Trinajstić information content (AvgIpc) is 3.13. The van der Waals surface area contributed by atoms with Gasteiger partial charge in [-0.05, 0) is 37.6 Å². The fourth-order valence-corrected chi connectivity index (χ4v) is 3.06. The van der Waals surface area contributed by atoms with Gasteiger partial charge < -0.3 is 14.6 Å². The van der Waals surface area contributed by atoms with Gasteiger partial charge in [-0.2, -0.15) is 13.2 Å². The normalized spacial score (nSPS) is 11.4. The van der Waals surface area contributed by atoms with Crippen molar-refractivity contribution in [1.29, 1.82) is 0 Å². The molecule has 0 aromatic carbocycles. The van der Waals surface area contributed by atoms with E-state index in [9.17, 15) is 22.8 Å². The number of alkyl halides is 3. The van der Waals surface area contributed by atoms with Crippen molar-refractivity contribution < 1.29 is 27.2 Å². The van der Waals surface area contributed by atoms with Crippen molar-refractivity contribution in [3.05, 3.63) is 40.7 Å². The summed E-state index contributed by atoms with van der Waals surface area (Å²) < 4.78 is 42.6. The van der Waals surface area contributed by atoms with E-state index in [0.717, 1.165) is 16.2 Å². The van der Waals surface area contributed by atoms with Crippen LogP contribution in [0.3, 0.4) is 0 Å². The average molecular weight is 360 g/mol. The molecule has 2 rings (SSSR count). The van der Waals surface area contributed by atoms with Gasteiger partial charge in [0.05, 0.1) is 16.1 Å². The number of furan rings is 1. The number of rotatable bonds is 5. The zero-order valence-electron chi connectivity index (χ0n) is 12.9. The van der Waals surface area contributed by atoms with Crippen LogP contribution in [0.15, 0.2) is 28.9 Å². The smallest absolute Gasteiger partial charge is 0.406 e.